The van der Waals surface area contributed by atoms with Gasteiger partial charge in [-0.3, -0.25) is 15.0 Å². The molecule has 1 fully saturated rings. The molecule has 1 N–H and O–H groups in total. The summed E-state index contributed by atoms with van der Waals surface area (Å²) in [6, 6.07) is 6.54. The van der Waals surface area contributed by atoms with E-state index in [1.54, 1.807) is 12.1 Å². The van der Waals surface area contributed by atoms with Crippen molar-refractivity contribution >= 4 is 28.1 Å². The van der Waals surface area contributed by atoms with Crippen LogP contribution < -0.4 is 10.2 Å². The molecule has 0 aliphatic carbocycles. The average Bonchev–Trinajstić information content (AvgIpc) is 3.03. The Morgan fingerprint density at radius 2 is 1.92 bits per heavy atom. The average molecular weight is 363 g/mol. The minimum atomic E-state index is -0.224. The number of carbonyl (C=O) groups excluding carboxylic acids is 1. The Bertz CT molecular complexity index is 697. The summed E-state index contributed by atoms with van der Waals surface area (Å²) >= 11 is 1.44. The Morgan fingerprint density at radius 1 is 1.20 bits per heavy atom. The van der Waals surface area contributed by atoms with Gasteiger partial charge in [0.1, 0.15) is 10.8 Å². The molecular weight excluding hydrogens is 341 g/mol. The molecule has 1 saturated heterocycles. The number of hydrogen-bond donors (Lipinski definition) is 1. The lowest BCUT2D eigenvalue weighted by molar-refractivity contribution is -0.117. The summed E-state index contributed by atoms with van der Waals surface area (Å²) in [6.07, 6.45) is 1.90. The van der Waals surface area contributed by atoms with Gasteiger partial charge >= 0.3 is 0 Å². The van der Waals surface area contributed by atoms with E-state index in [1.165, 1.54) is 23.5 Å². The van der Waals surface area contributed by atoms with E-state index in [4.69, 9.17) is 0 Å². The molecule has 8 heteroatoms. The van der Waals surface area contributed by atoms with Crippen LogP contribution in [0.3, 0.4) is 0 Å². The number of hydrogen-bond acceptors (Lipinski definition) is 6. The molecule has 1 aromatic heterocycles. The quantitative estimate of drug-likeness (QED) is 0.854. The maximum absolute atomic E-state index is 13.0. The number of benzene rings is 1. The summed E-state index contributed by atoms with van der Waals surface area (Å²) in [5, 5.41) is 12.4. The van der Waals surface area contributed by atoms with Gasteiger partial charge in [0.05, 0.1) is 6.54 Å². The zero-order valence-corrected chi connectivity index (χ0v) is 15.1. The van der Waals surface area contributed by atoms with Crippen molar-refractivity contribution in [1.29, 1.82) is 0 Å². The molecule has 1 aliphatic heterocycles. The van der Waals surface area contributed by atoms with Gasteiger partial charge in [-0.1, -0.05) is 18.3 Å². The van der Waals surface area contributed by atoms with Crippen LogP contribution in [0.1, 0.15) is 18.4 Å². The Balaban J connectivity index is 1.45. The third-order valence-corrected chi connectivity index (χ3v) is 5.01. The first-order valence-corrected chi connectivity index (χ1v) is 9.31. The standard InChI is InChI=1S/C17H22FN5OS/c1-2-3-16-20-21-17(25-16)19-15(24)12-22-8-10-23(11-9-22)14-6-4-13(18)5-7-14/h4-7H,2-3,8-12H2,1H3,(H,19,21,24). The van der Waals surface area contributed by atoms with Gasteiger partial charge in [-0.15, -0.1) is 10.2 Å². The molecule has 1 aromatic carbocycles. The fraction of sp³-hybridized carbons (Fsp3) is 0.471. The van der Waals surface area contributed by atoms with Gasteiger partial charge in [-0.05, 0) is 30.7 Å². The minimum Gasteiger partial charge on any atom is -0.369 e. The molecule has 25 heavy (non-hydrogen) atoms. The lowest BCUT2D eigenvalue weighted by Crippen LogP contribution is -2.48. The second kappa shape index (κ2) is 8.35. The van der Waals surface area contributed by atoms with E-state index in [1.807, 2.05) is 0 Å². The molecule has 6 nitrogen and oxygen atoms in total. The number of rotatable bonds is 6. The second-order valence-electron chi connectivity index (χ2n) is 6.04. The van der Waals surface area contributed by atoms with Gasteiger partial charge < -0.3 is 4.90 Å². The van der Waals surface area contributed by atoms with Crippen LogP contribution in [0.25, 0.3) is 0 Å². The van der Waals surface area contributed by atoms with E-state index in [0.29, 0.717) is 11.7 Å². The van der Waals surface area contributed by atoms with Crippen LogP contribution in [0.15, 0.2) is 24.3 Å². The molecule has 0 unspecified atom stereocenters. The molecule has 3 rings (SSSR count). The summed E-state index contributed by atoms with van der Waals surface area (Å²) < 4.78 is 13.0. The molecule has 0 spiro atoms. The van der Waals surface area contributed by atoms with E-state index < -0.39 is 0 Å². The number of anilines is 2. The van der Waals surface area contributed by atoms with Gasteiger partial charge in [-0.25, -0.2) is 4.39 Å². The van der Waals surface area contributed by atoms with Gasteiger partial charge in [0.25, 0.3) is 0 Å². The molecule has 0 bridgehead atoms. The first kappa shape index (κ1) is 17.8. The number of carbonyl (C=O) groups is 1. The molecule has 2 heterocycles. The summed E-state index contributed by atoms with van der Waals surface area (Å²) in [4.78, 5) is 16.5. The summed E-state index contributed by atoms with van der Waals surface area (Å²) in [5.41, 5.74) is 1.02. The van der Waals surface area contributed by atoms with Gasteiger partial charge in [0.2, 0.25) is 11.0 Å². The fourth-order valence-electron chi connectivity index (χ4n) is 2.80. The normalized spacial score (nSPS) is 15.4. The first-order valence-electron chi connectivity index (χ1n) is 8.49. The Hall–Kier alpha value is -2.06. The number of aromatic nitrogens is 2. The van der Waals surface area contributed by atoms with Crippen molar-refractivity contribution in [3.05, 3.63) is 35.1 Å². The number of nitrogens with one attached hydrogen (secondary N) is 1. The van der Waals surface area contributed by atoms with Crippen molar-refractivity contribution in [3.63, 3.8) is 0 Å². The number of nitrogens with zero attached hydrogens (tertiary/aromatic N) is 4. The molecule has 2 aromatic rings. The number of halogens is 1. The smallest absolute Gasteiger partial charge is 0.240 e. The second-order valence-corrected chi connectivity index (χ2v) is 7.10. The third-order valence-electron chi connectivity index (χ3n) is 4.11. The SMILES string of the molecule is CCCc1nnc(NC(=O)CN2CCN(c3ccc(F)cc3)CC2)s1. The zero-order chi connectivity index (χ0) is 17.6. The molecule has 0 atom stereocenters. The van der Waals surface area contributed by atoms with Gasteiger partial charge in [0, 0.05) is 38.3 Å². The predicted molar refractivity (Wildman–Crippen MR) is 97.6 cm³/mol. The summed E-state index contributed by atoms with van der Waals surface area (Å²) in [7, 11) is 0. The first-order chi connectivity index (χ1) is 12.1. The monoisotopic (exact) mass is 363 g/mol. The summed E-state index contributed by atoms with van der Waals surface area (Å²) in [6.45, 7) is 5.66. The Labute approximate surface area is 150 Å². The van der Waals surface area contributed by atoms with Crippen molar-refractivity contribution in [2.24, 2.45) is 0 Å². The van der Waals surface area contributed by atoms with Crippen molar-refractivity contribution in [2.75, 3.05) is 42.9 Å². The van der Waals surface area contributed by atoms with Crippen molar-refractivity contribution in [2.45, 2.75) is 19.8 Å². The van der Waals surface area contributed by atoms with Gasteiger partial charge in [0.15, 0.2) is 0 Å². The highest BCUT2D eigenvalue weighted by molar-refractivity contribution is 7.15. The van der Waals surface area contributed by atoms with Crippen molar-refractivity contribution in [3.8, 4) is 0 Å². The van der Waals surface area contributed by atoms with Crippen LogP contribution >= 0.6 is 11.3 Å². The summed E-state index contributed by atoms with van der Waals surface area (Å²) in [5.74, 6) is -0.285. The van der Waals surface area contributed by atoms with Crippen LogP contribution in [0.4, 0.5) is 15.2 Å². The van der Waals surface area contributed by atoms with Crippen LogP contribution in [0.5, 0.6) is 0 Å². The maximum atomic E-state index is 13.0. The molecule has 0 radical (unpaired) electrons. The van der Waals surface area contributed by atoms with E-state index in [2.05, 4.69) is 32.2 Å². The van der Waals surface area contributed by atoms with E-state index in [9.17, 15) is 9.18 Å². The molecule has 0 saturated carbocycles. The molecule has 134 valence electrons. The fourth-order valence-corrected chi connectivity index (χ4v) is 3.65. The molecular formula is C17H22FN5OS. The lowest BCUT2D eigenvalue weighted by atomic mass is 10.2. The number of amides is 1. The Morgan fingerprint density at radius 3 is 2.60 bits per heavy atom. The molecule has 1 amide bonds. The van der Waals surface area contributed by atoms with E-state index >= 15 is 0 Å². The lowest BCUT2D eigenvalue weighted by Gasteiger charge is -2.35. The highest BCUT2D eigenvalue weighted by atomic mass is 32.1. The highest BCUT2D eigenvalue weighted by Crippen LogP contribution is 2.18. The van der Waals surface area contributed by atoms with E-state index in [0.717, 1.165) is 49.7 Å². The van der Waals surface area contributed by atoms with Crippen molar-refractivity contribution in [1.82, 2.24) is 15.1 Å². The van der Waals surface area contributed by atoms with Crippen LogP contribution in [-0.2, 0) is 11.2 Å². The van der Waals surface area contributed by atoms with Crippen LogP contribution in [0.2, 0.25) is 0 Å². The third kappa shape index (κ3) is 4.96. The van der Waals surface area contributed by atoms with Crippen LogP contribution in [0, 0.1) is 5.82 Å². The van der Waals surface area contributed by atoms with Gasteiger partial charge in [-0.2, -0.15) is 0 Å². The maximum Gasteiger partial charge on any atom is 0.240 e. The Kier molecular flexibility index (Phi) is 5.93. The number of piperazine rings is 1. The van der Waals surface area contributed by atoms with E-state index in [-0.39, 0.29) is 11.7 Å². The minimum absolute atomic E-state index is 0.0607. The highest BCUT2D eigenvalue weighted by Gasteiger charge is 2.19. The van der Waals surface area contributed by atoms with Crippen LogP contribution in [-0.4, -0.2) is 53.7 Å². The predicted octanol–water partition coefficient (Wildman–Crippen LogP) is 2.39. The number of aryl methyl sites for hydroxylation is 1. The molecule has 1 aliphatic rings. The van der Waals surface area contributed by atoms with Crippen molar-refractivity contribution < 1.29 is 9.18 Å². The largest absolute Gasteiger partial charge is 0.369 e. The zero-order valence-electron chi connectivity index (χ0n) is 14.2. The topological polar surface area (TPSA) is 61.4 Å².